The summed E-state index contributed by atoms with van der Waals surface area (Å²) in [6.07, 6.45) is 3.08. The Morgan fingerprint density at radius 1 is 1.20 bits per heavy atom. The maximum absolute atomic E-state index is 13.3. The minimum atomic E-state index is -1.10. The van der Waals surface area contributed by atoms with E-state index in [0.717, 1.165) is 5.56 Å². The van der Waals surface area contributed by atoms with Crippen molar-refractivity contribution >= 4 is 23.7 Å². The Hall–Kier alpha value is -3.49. The van der Waals surface area contributed by atoms with Gasteiger partial charge in [0.1, 0.15) is 17.2 Å². The summed E-state index contributed by atoms with van der Waals surface area (Å²) in [6, 6.07) is 8.70. The number of anilines is 1. The lowest BCUT2D eigenvalue weighted by atomic mass is 9.74. The molecule has 1 aromatic heterocycles. The molecular formula is C21H22FN5O3. The smallest absolute Gasteiger partial charge is 0.322 e. The summed E-state index contributed by atoms with van der Waals surface area (Å²) in [7, 11) is 0. The number of halogens is 1. The predicted molar refractivity (Wildman–Crippen MR) is 107 cm³/mol. The largest absolute Gasteiger partial charge is 0.365 e. The van der Waals surface area contributed by atoms with Gasteiger partial charge in [-0.3, -0.25) is 14.9 Å². The normalized spacial score (nSPS) is 22.0. The van der Waals surface area contributed by atoms with Gasteiger partial charge >= 0.3 is 6.03 Å². The van der Waals surface area contributed by atoms with Crippen LogP contribution in [0.4, 0.5) is 15.0 Å². The number of rotatable bonds is 5. The van der Waals surface area contributed by atoms with Gasteiger partial charge in [-0.25, -0.2) is 14.2 Å². The minimum Gasteiger partial charge on any atom is -0.365 e. The van der Waals surface area contributed by atoms with Crippen LogP contribution in [0, 0.1) is 11.7 Å². The number of aromatic nitrogens is 1. The third-order valence-electron chi connectivity index (χ3n) is 5.91. The maximum atomic E-state index is 13.3. The molecule has 0 saturated carbocycles. The predicted octanol–water partition coefficient (Wildman–Crippen LogP) is 1.36. The van der Waals surface area contributed by atoms with E-state index in [9.17, 15) is 18.8 Å². The number of nitrogens with two attached hydrogens (primary N) is 1. The number of hydrogen-bond donors (Lipinski definition) is 3. The second kappa shape index (κ2) is 7.74. The van der Waals surface area contributed by atoms with Gasteiger partial charge in [0.25, 0.3) is 11.8 Å². The molecule has 0 spiro atoms. The van der Waals surface area contributed by atoms with Gasteiger partial charge in [0.2, 0.25) is 0 Å². The van der Waals surface area contributed by atoms with Crippen molar-refractivity contribution in [2.45, 2.75) is 24.8 Å². The highest BCUT2D eigenvalue weighted by molar-refractivity contribution is 6.07. The highest BCUT2D eigenvalue weighted by Crippen LogP contribution is 2.35. The molecule has 30 heavy (non-hydrogen) atoms. The van der Waals surface area contributed by atoms with Crippen LogP contribution in [0.2, 0.25) is 0 Å². The lowest BCUT2D eigenvalue weighted by molar-refractivity contribution is -0.126. The van der Waals surface area contributed by atoms with E-state index in [0.29, 0.717) is 37.3 Å². The van der Waals surface area contributed by atoms with Gasteiger partial charge in [-0.15, -0.1) is 0 Å². The highest BCUT2D eigenvalue weighted by atomic mass is 19.1. The van der Waals surface area contributed by atoms with Gasteiger partial charge < -0.3 is 16.0 Å². The standard InChI is InChI=1S/C21H22FN5O3/c22-15-5-3-13(4-6-15)12-21(19(29)25-20(30)26-21)14-7-10-27(11-8-14)18-16(17(23)28)2-1-9-24-18/h1-6,9,14H,7-8,10-12H2,(H2,23,28)(H2,25,26,29,30)/t21-/m0/s1. The Balaban J connectivity index is 1.56. The van der Waals surface area contributed by atoms with Crippen molar-refractivity contribution in [3.8, 4) is 0 Å². The molecule has 9 heteroatoms. The molecule has 4 N–H and O–H groups in total. The van der Waals surface area contributed by atoms with E-state index in [-0.39, 0.29) is 24.1 Å². The summed E-state index contributed by atoms with van der Waals surface area (Å²) >= 11 is 0. The lowest BCUT2D eigenvalue weighted by Gasteiger charge is -2.41. The zero-order valence-corrected chi connectivity index (χ0v) is 16.2. The summed E-state index contributed by atoms with van der Waals surface area (Å²) < 4.78 is 13.3. The number of carbonyl (C=O) groups excluding carboxylic acids is 3. The van der Waals surface area contributed by atoms with Gasteiger partial charge in [0.15, 0.2) is 0 Å². The monoisotopic (exact) mass is 411 g/mol. The van der Waals surface area contributed by atoms with Crippen LogP contribution in [-0.2, 0) is 11.2 Å². The van der Waals surface area contributed by atoms with Gasteiger partial charge in [-0.05, 0) is 48.6 Å². The van der Waals surface area contributed by atoms with E-state index >= 15 is 0 Å². The SMILES string of the molecule is NC(=O)c1cccnc1N1CCC([C@]2(Cc3ccc(F)cc3)NC(=O)NC2=O)CC1. The van der Waals surface area contributed by atoms with Crippen LogP contribution in [0.3, 0.4) is 0 Å². The Bertz CT molecular complexity index is 988. The van der Waals surface area contributed by atoms with Crippen molar-refractivity contribution in [2.75, 3.05) is 18.0 Å². The molecular weight excluding hydrogens is 389 g/mol. The fourth-order valence-corrected chi connectivity index (χ4v) is 4.41. The Kier molecular flexibility index (Phi) is 5.11. The van der Waals surface area contributed by atoms with E-state index in [2.05, 4.69) is 15.6 Å². The van der Waals surface area contributed by atoms with Gasteiger partial charge in [-0.1, -0.05) is 12.1 Å². The fourth-order valence-electron chi connectivity index (χ4n) is 4.41. The number of pyridine rings is 1. The highest BCUT2D eigenvalue weighted by Gasteiger charge is 2.52. The topological polar surface area (TPSA) is 117 Å². The maximum Gasteiger partial charge on any atom is 0.322 e. The molecule has 0 aliphatic carbocycles. The molecule has 2 saturated heterocycles. The van der Waals surface area contributed by atoms with Gasteiger partial charge in [-0.2, -0.15) is 0 Å². The van der Waals surface area contributed by atoms with Crippen LogP contribution >= 0.6 is 0 Å². The summed E-state index contributed by atoms with van der Waals surface area (Å²) in [5, 5.41) is 5.19. The molecule has 2 aromatic rings. The number of nitrogens with one attached hydrogen (secondary N) is 2. The fraction of sp³-hybridized carbons (Fsp3) is 0.333. The van der Waals surface area contributed by atoms with Crippen LogP contribution in [0.15, 0.2) is 42.6 Å². The van der Waals surface area contributed by atoms with Crippen molar-refractivity contribution in [2.24, 2.45) is 11.7 Å². The molecule has 2 aliphatic rings. The van der Waals surface area contributed by atoms with Crippen molar-refractivity contribution < 1.29 is 18.8 Å². The molecule has 4 amide bonds. The molecule has 1 aromatic carbocycles. The number of benzene rings is 1. The number of hydrogen-bond acceptors (Lipinski definition) is 5. The zero-order valence-electron chi connectivity index (χ0n) is 16.2. The van der Waals surface area contributed by atoms with Crippen LogP contribution < -0.4 is 21.3 Å². The number of imide groups is 1. The van der Waals surface area contributed by atoms with E-state index < -0.39 is 17.5 Å². The molecule has 8 nitrogen and oxygen atoms in total. The molecule has 4 rings (SSSR count). The first kappa shape index (κ1) is 19.8. The third-order valence-corrected chi connectivity index (χ3v) is 5.91. The van der Waals surface area contributed by atoms with Crippen molar-refractivity contribution in [1.82, 2.24) is 15.6 Å². The molecule has 2 fully saturated rings. The van der Waals surface area contributed by atoms with Crippen LogP contribution in [0.5, 0.6) is 0 Å². The van der Waals surface area contributed by atoms with E-state index in [1.807, 2.05) is 4.90 Å². The molecule has 156 valence electrons. The number of carbonyl (C=O) groups is 3. The zero-order chi connectivity index (χ0) is 21.3. The average Bonchev–Trinajstić information content (AvgIpc) is 3.03. The van der Waals surface area contributed by atoms with E-state index in [1.165, 1.54) is 12.1 Å². The third kappa shape index (κ3) is 3.58. The first-order chi connectivity index (χ1) is 14.4. The average molecular weight is 411 g/mol. The quantitative estimate of drug-likeness (QED) is 0.642. The number of amides is 4. The summed E-state index contributed by atoms with van der Waals surface area (Å²) in [5.74, 6) is -0.884. The molecule has 1 atom stereocenters. The number of nitrogens with zero attached hydrogens (tertiary/aromatic N) is 2. The molecule has 3 heterocycles. The van der Waals surface area contributed by atoms with Crippen LogP contribution in [0.25, 0.3) is 0 Å². The molecule has 2 aliphatic heterocycles. The summed E-state index contributed by atoms with van der Waals surface area (Å²) in [6.45, 7) is 1.10. The minimum absolute atomic E-state index is 0.133. The second-order valence-corrected chi connectivity index (χ2v) is 7.68. The molecule has 0 bridgehead atoms. The van der Waals surface area contributed by atoms with Crippen molar-refractivity contribution in [3.63, 3.8) is 0 Å². The second-order valence-electron chi connectivity index (χ2n) is 7.68. The van der Waals surface area contributed by atoms with Gasteiger partial charge in [0.05, 0.1) is 5.56 Å². The first-order valence-corrected chi connectivity index (χ1v) is 9.77. The van der Waals surface area contributed by atoms with E-state index in [1.54, 1.807) is 30.5 Å². The van der Waals surface area contributed by atoms with Crippen LogP contribution in [0.1, 0.15) is 28.8 Å². The molecule has 0 radical (unpaired) electrons. The van der Waals surface area contributed by atoms with Gasteiger partial charge in [0, 0.05) is 25.7 Å². The summed E-state index contributed by atoms with van der Waals surface area (Å²) in [4.78, 5) is 42.8. The lowest BCUT2D eigenvalue weighted by Crippen LogP contribution is -2.57. The van der Waals surface area contributed by atoms with Crippen molar-refractivity contribution in [1.29, 1.82) is 0 Å². The molecule has 0 unspecified atom stereocenters. The van der Waals surface area contributed by atoms with E-state index in [4.69, 9.17) is 5.73 Å². The Morgan fingerprint density at radius 3 is 2.50 bits per heavy atom. The summed E-state index contributed by atoms with van der Waals surface area (Å²) in [5.41, 5.74) is 5.48. The van der Waals surface area contributed by atoms with Crippen molar-refractivity contribution in [3.05, 3.63) is 59.5 Å². The Morgan fingerprint density at radius 2 is 1.90 bits per heavy atom. The number of primary amides is 1. The van der Waals surface area contributed by atoms with Crippen LogP contribution in [-0.4, -0.2) is 41.5 Å². The number of urea groups is 1. The first-order valence-electron chi connectivity index (χ1n) is 9.77. The Labute approximate surface area is 172 Å². The number of piperidine rings is 1.